The van der Waals surface area contributed by atoms with Gasteiger partial charge in [-0.3, -0.25) is 4.79 Å². The molecule has 1 aliphatic carbocycles. The first-order valence-electron chi connectivity index (χ1n) is 7.01. The van der Waals surface area contributed by atoms with E-state index in [0.29, 0.717) is 16.8 Å². The summed E-state index contributed by atoms with van der Waals surface area (Å²) in [4.78, 5) is 18.2. The van der Waals surface area contributed by atoms with Gasteiger partial charge in [0.15, 0.2) is 0 Å². The van der Waals surface area contributed by atoms with Crippen LogP contribution in [0.1, 0.15) is 49.4 Å². The van der Waals surface area contributed by atoms with Crippen molar-refractivity contribution in [3.8, 4) is 0 Å². The molecule has 1 amide bonds. The molecule has 1 heterocycles. The molecule has 1 saturated carbocycles. The SMILES string of the molecule is CCC1CCC(N(C)C(=O)c2cccnc2Cl)CC1. The first-order chi connectivity index (χ1) is 9.13. The van der Waals surface area contributed by atoms with Crippen LogP contribution < -0.4 is 0 Å². The lowest BCUT2D eigenvalue weighted by molar-refractivity contribution is 0.0674. The molecular weight excluding hydrogens is 260 g/mol. The Bertz CT molecular complexity index is 442. The molecule has 19 heavy (non-hydrogen) atoms. The van der Waals surface area contributed by atoms with Crippen molar-refractivity contribution >= 4 is 17.5 Å². The van der Waals surface area contributed by atoms with Gasteiger partial charge in [-0.2, -0.15) is 0 Å². The monoisotopic (exact) mass is 280 g/mol. The molecule has 0 radical (unpaired) electrons. The predicted octanol–water partition coefficient (Wildman–Crippen LogP) is 3.78. The van der Waals surface area contributed by atoms with Crippen LogP contribution in [0, 0.1) is 5.92 Å². The Morgan fingerprint density at radius 1 is 1.42 bits per heavy atom. The van der Waals surface area contributed by atoms with Gasteiger partial charge in [0.05, 0.1) is 5.56 Å². The molecule has 1 aromatic heterocycles. The van der Waals surface area contributed by atoms with Crippen molar-refractivity contribution in [2.75, 3.05) is 7.05 Å². The number of halogens is 1. The van der Waals surface area contributed by atoms with E-state index in [1.807, 2.05) is 11.9 Å². The molecule has 3 nitrogen and oxygen atoms in total. The van der Waals surface area contributed by atoms with Crippen molar-refractivity contribution in [1.82, 2.24) is 9.88 Å². The molecule has 0 N–H and O–H groups in total. The smallest absolute Gasteiger partial charge is 0.256 e. The first-order valence-corrected chi connectivity index (χ1v) is 7.39. The van der Waals surface area contributed by atoms with Crippen LogP contribution in [-0.4, -0.2) is 28.9 Å². The van der Waals surface area contributed by atoms with Gasteiger partial charge < -0.3 is 4.90 Å². The van der Waals surface area contributed by atoms with E-state index in [-0.39, 0.29) is 5.91 Å². The normalized spacial score (nSPS) is 23.1. The van der Waals surface area contributed by atoms with E-state index in [2.05, 4.69) is 11.9 Å². The highest BCUT2D eigenvalue weighted by Gasteiger charge is 2.27. The van der Waals surface area contributed by atoms with Crippen LogP contribution in [-0.2, 0) is 0 Å². The molecular formula is C15H21ClN2O. The topological polar surface area (TPSA) is 33.2 Å². The Morgan fingerprint density at radius 3 is 2.68 bits per heavy atom. The van der Waals surface area contributed by atoms with Crippen molar-refractivity contribution in [2.24, 2.45) is 5.92 Å². The zero-order valence-corrected chi connectivity index (χ0v) is 12.4. The largest absolute Gasteiger partial charge is 0.339 e. The van der Waals surface area contributed by atoms with Crippen LogP contribution in [0.2, 0.25) is 5.15 Å². The van der Waals surface area contributed by atoms with Gasteiger partial charge in [-0.05, 0) is 43.7 Å². The summed E-state index contributed by atoms with van der Waals surface area (Å²) < 4.78 is 0. The van der Waals surface area contributed by atoms with Gasteiger partial charge in [0.25, 0.3) is 5.91 Å². The summed E-state index contributed by atoms with van der Waals surface area (Å²) >= 11 is 5.99. The fourth-order valence-corrected chi connectivity index (χ4v) is 3.04. The Morgan fingerprint density at radius 2 is 2.11 bits per heavy atom. The van der Waals surface area contributed by atoms with Gasteiger partial charge in [-0.15, -0.1) is 0 Å². The van der Waals surface area contributed by atoms with Crippen LogP contribution in [0.15, 0.2) is 18.3 Å². The van der Waals surface area contributed by atoms with E-state index in [0.717, 1.165) is 18.8 Å². The number of rotatable bonds is 3. The number of hydrogen-bond acceptors (Lipinski definition) is 2. The van der Waals surface area contributed by atoms with E-state index in [4.69, 9.17) is 11.6 Å². The quantitative estimate of drug-likeness (QED) is 0.790. The van der Waals surface area contributed by atoms with Crippen molar-refractivity contribution in [1.29, 1.82) is 0 Å². The zero-order chi connectivity index (χ0) is 13.8. The third-order valence-corrected chi connectivity index (χ3v) is 4.55. The summed E-state index contributed by atoms with van der Waals surface area (Å²) in [5.74, 6) is 0.819. The fourth-order valence-electron chi connectivity index (χ4n) is 2.84. The van der Waals surface area contributed by atoms with Crippen LogP contribution in [0.4, 0.5) is 0 Å². The van der Waals surface area contributed by atoms with Crippen molar-refractivity contribution in [3.63, 3.8) is 0 Å². The van der Waals surface area contributed by atoms with Gasteiger partial charge in [0.2, 0.25) is 0 Å². The minimum Gasteiger partial charge on any atom is -0.339 e. The predicted molar refractivity (Wildman–Crippen MR) is 77.4 cm³/mol. The first kappa shape index (κ1) is 14.3. The maximum absolute atomic E-state index is 12.4. The number of amides is 1. The molecule has 104 valence electrons. The van der Waals surface area contributed by atoms with Crippen LogP contribution in [0.3, 0.4) is 0 Å². The highest BCUT2D eigenvalue weighted by Crippen LogP contribution is 2.29. The fraction of sp³-hybridized carbons (Fsp3) is 0.600. The van der Waals surface area contributed by atoms with Crippen LogP contribution >= 0.6 is 11.6 Å². The number of carbonyl (C=O) groups excluding carboxylic acids is 1. The summed E-state index contributed by atoms with van der Waals surface area (Å²) in [6.07, 6.45) is 7.49. The summed E-state index contributed by atoms with van der Waals surface area (Å²) in [7, 11) is 1.88. The van der Waals surface area contributed by atoms with Gasteiger partial charge in [-0.1, -0.05) is 24.9 Å². The third-order valence-electron chi connectivity index (χ3n) is 4.25. The second kappa shape index (κ2) is 6.38. The maximum Gasteiger partial charge on any atom is 0.256 e. The van der Waals surface area contributed by atoms with Crippen molar-refractivity contribution < 1.29 is 4.79 Å². The minimum atomic E-state index is -0.0157. The highest BCUT2D eigenvalue weighted by molar-refractivity contribution is 6.32. The molecule has 0 atom stereocenters. The molecule has 4 heteroatoms. The lowest BCUT2D eigenvalue weighted by Crippen LogP contribution is -2.39. The number of hydrogen-bond donors (Lipinski definition) is 0. The average Bonchev–Trinajstić information content (AvgIpc) is 2.46. The summed E-state index contributed by atoms with van der Waals surface area (Å²) in [5, 5.41) is 0.293. The Balaban J connectivity index is 2.02. The number of carbonyl (C=O) groups is 1. The molecule has 0 saturated heterocycles. The lowest BCUT2D eigenvalue weighted by atomic mass is 9.84. The molecule has 1 aliphatic rings. The summed E-state index contributed by atoms with van der Waals surface area (Å²) in [6, 6.07) is 3.83. The van der Waals surface area contributed by atoms with Gasteiger partial charge in [-0.25, -0.2) is 4.98 Å². The van der Waals surface area contributed by atoms with Crippen molar-refractivity contribution in [2.45, 2.75) is 45.1 Å². The molecule has 2 rings (SSSR count). The Hall–Kier alpha value is -1.09. The molecule has 0 spiro atoms. The second-order valence-corrected chi connectivity index (χ2v) is 5.70. The molecule has 0 unspecified atom stereocenters. The molecule has 1 fully saturated rings. The number of nitrogens with zero attached hydrogens (tertiary/aromatic N) is 2. The van der Waals surface area contributed by atoms with Gasteiger partial charge >= 0.3 is 0 Å². The molecule has 0 aliphatic heterocycles. The van der Waals surface area contributed by atoms with Crippen LogP contribution in [0.5, 0.6) is 0 Å². The average molecular weight is 281 g/mol. The zero-order valence-electron chi connectivity index (χ0n) is 11.6. The van der Waals surface area contributed by atoms with E-state index >= 15 is 0 Å². The standard InChI is InChI=1S/C15H21ClN2O/c1-3-11-6-8-12(9-7-11)18(2)15(19)13-5-4-10-17-14(13)16/h4-5,10-12H,3,6-9H2,1-2H3. The Kier molecular flexibility index (Phi) is 4.81. The minimum absolute atomic E-state index is 0.0157. The third kappa shape index (κ3) is 3.27. The summed E-state index contributed by atoms with van der Waals surface area (Å²) in [6.45, 7) is 2.25. The van der Waals surface area contributed by atoms with E-state index in [1.165, 1.54) is 19.3 Å². The van der Waals surface area contributed by atoms with Gasteiger partial charge in [0, 0.05) is 19.3 Å². The summed E-state index contributed by atoms with van der Waals surface area (Å²) in [5.41, 5.74) is 0.504. The Labute approximate surface area is 120 Å². The maximum atomic E-state index is 12.4. The van der Waals surface area contributed by atoms with Crippen molar-refractivity contribution in [3.05, 3.63) is 29.0 Å². The van der Waals surface area contributed by atoms with Gasteiger partial charge in [0.1, 0.15) is 5.15 Å². The number of pyridine rings is 1. The highest BCUT2D eigenvalue weighted by atomic mass is 35.5. The molecule has 0 bridgehead atoms. The molecule has 0 aromatic carbocycles. The second-order valence-electron chi connectivity index (χ2n) is 5.34. The van der Waals surface area contributed by atoms with E-state index in [1.54, 1.807) is 18.3 Å². The lowest BCUT2D eigenvalue weighted by Gasteiger charge is -2.34. The van der Waals surface area contributed by atoms with Crippen LogP contribution in [0.25, 0.3) is 0 Å². The van der Waals surface area contributed by atoms with E-state index in [9.17, 15) is 4.79 Å². The molecule has 1 aromatic rings. The number of aromatic nitrogens is 1. The van der Waals surface area contributed by atoms with E-state index < -0.39 is 0 Å².